The van der Waals surface area contributed by atoms with Crippen LogP contribution in [-0.4, -0.2) is 4.57 Å². The van der Waals surface area contributed by atoms with Crippen molar-refractivity contribution in [3.63, 3.8) is 0 Å². The molecule has 2 aromatic carbocycles. The Labute approximate surface area is 113 Å². The molecule has 0 aliphatic heterocycles. The first-order chi connectivity index (χ1) is 9.33. The molecule has 3 aromatic rings. The third-order valence-electron chi connectivity index (χ3n) is 3.51. The molecule has 1 nitrogen and oxygen atoms in total. The third-order valence-corrected chi connectivity index (χ3v) is 3.51. The zero-order valence-corrected chi connectivity index (χ0v) is 11.3. The zero-order valence-electron chi connectivity index (χ0n) is 11.3. The van der Waals surface area contributed by atoms with Crippen molar-refractivity contribution < 1.29 is 0 Å². The maximum absolute atomic E-state index is 2.32. The van der Waals surface area contributed by atoms with Gasteiger partial charge in [0, 0.05) is 22.3 Å². The normalized spacial score (nSPS) is 11.5. The molecule has 0 aliphatic carbocycles. The van der Waals surface area contributed by atoms with Crippen LogP contribution in [-0.2, 0) is 0 Å². The van der Waals surface area contributed by atoms with E-state index in [-0.39, 0.29) is 0 Å². The molecule has 0 fully saturated rings. The summed E-state index contributed by atoms with van der Waals surface area (Å²) >= 11 is 0. The molecule has 0 aliphatic rings. The molecular formula is C18H17N. The van der Waals surface area contributed by atoms with Crippen molar-refractivity contribution in [2.75, 3.05) is 0 Å². The Morgan fingerprint density at radius 2 is 1.58 bits per heavy atom. The van der Waals surface area contributed by atoms with Crippen LogP contribution >= 0.6 is 0 Å². The molecule has 0 atom stereocenters. The minimum Gasteiger partial charge on any atom is -0.313 e. The first-order valence-corrected chi connectivity index (χ1v) is 6.61. The molecule has 1 heterocycles. The Bertz CT molecular complexity index is 733. The van der Waals surface area contributed by atoms with Crippen LogP contribution in [0.5, 0.6) is 0 Å². The molecule has 0 saturated carbocycles. The summed E-state index contributed by atoms with van der Waals surface area (Å²) < 4.78 is 2.32. The van der Waals surface area contributed by atoms with E-state index in [0.717, 1.165) is 0 Å². The molecule has 0 saturated heterocycles. The van der Waals surface area contributed by atoms with Gasteiger partial charge in [0.05, 0.1) is 5.52 Å². The number of hydrogen-bond acceptors (Lipinski definition) is 0. The van der Waals surface area contributed by atoms with Gasteiger partial charge in [-0.25, -0.2) is 0 Å². The molecule has 0 bridgehead atoms. The van der Waals surface area contributed by atoms with E-state index in [4.69, 9.17) is 0 Å². The summed E-state index contributed by atoms with van der Waals surface area (Å²) in [6, 6.07) is 19.1. The molecule has 1 aromatic heterocycles. The Morgan fingerprint density at radius 3 is 2.32 bits per heavy atom. The van der Waals surface area contributed by atoms with Crippen LogP contribution in [0, 0.1) is 6.92 Å². The highest BCUT2D eigenvalue weighted by atomic mass is 15.0. The average molecular weight is 247 g/mol. The molecule has 94 valence electrons. The highest BCUT2D eigenvalue weighted by Crippen LogP contribution is 2.29. The van der Waals surface area contributed by atoms with Gasteiger partial charge in [-0.15, -0.1) is 0 Å². The molecule has 3 rings (SSSR count). The molecule has 0 N–H and O–H groups in total. The van der Waals surface area contributed by atoms with Crippen molar-refractivity contribution in [3.05, 3.63) is 71.9 Å². The predicted octanol–water partition coefficient (Wildman–Crippen LogP) is 4.97. The van der Waals surface area contributed by atoms with Gasteiger partial charge in [-0.3, -0.25) is 0 Å². The monoisotopic (exact) mass is 247 g/mol. The van der Waals surface area contributed by atoms with Gasteiger partial charge in [0.1, 0.15) is 0 Å². The van der Waals surface area contributed by atoms with Gasteiger partial charge in [-0.1, -0.05) is 48.6 Å². The number of hydrogen-bond donors (Lipinski definition) is 0. The molecular weight excluding hydrogens is 230 g/mol. The lowest BCUT2D eigenvalue weighted by Gasteiger charge is -2.08. The van der Waals surface area contributed by atoms with Gasteiger partial charge < -0.3 is 4.57 Å². The van der Waals surface area contributed by atoms with Crippen LogP contribution < -0.4 is 0 Å². The smallest absolute Gasteiger partial charge is 0.0537 e. The van der Waals surface area contributed by atoms with Crippen LogP contribution in [0.25, 0.3) is 22.7 Å². The largest absolute Gasteiger partial charge is 0.313 e. The van der Waals surface area contributed by atoms with Gasteiger partial charge in [0.2, 0.25) is 0 Å². The predicted molar refractivity (Wildman–Crippen MR) is 82.7 cm³/mol. The Kier molecular flexibility index (Phi) is 2.96. The van der Waals surface area contributed by atoms with Gasteiger partial charge in [0.15, 0.2) is 0 Å². The van der Waals surface area contributed by atoms with Crippen molar-refractivity contribution in [3.8, 4) is 5.69 Å². The molecule has 0 unspecified atom stereocenters. The maximum atomic E-state index is 2.32. The highest BCUT2D eigenvalue weighted by Gasteiger charge is 2.12. The second kappa shape index (κ2) is 4.77. The van der Waals surface area contributed by atoms with Crippen molar-refractivity contribution in [2.45, 2.75) is 13.8 Å². The maximum Gasteiger partial charge on any atom is 0.0537 e. The van der Waals surface area contributed by atoms with Crippen molar-refractivity contribution >= 4 is 17.0 Å². The topological polar surface area (TPSA) is 4.93 Å². The van der Waals surface area contributed by atoms with Gasteiger partial charge in [-0.05, 0) is 32.0 Å². The van der Waals surface area contributed by atoms with E-state index in [9.17, 15) is 0 Å². The summed E-state index contributed by atoms with van der Waals surface area (Å²) in [5.41, 5.74) is 5.07. The summed E-state index contributed by atoms with van der Waals surface area (Å²) in [4.78, 5) is 0. The first kappa shape index (κ1) is 11.8. The SMILES string of the molecule is C/C=C\c1c(C)n(-c2ccccc2)c2ccccc12. The van der Waals surface area contributed by atoms with E-state index >= 15 is 0 Å². The number of nitrogens with zero attached hydrogens (tertiary/aromatic N) is 1. The van der Waals surface area contributed by atoms with E-state index in [1.54, 1.807) is 0 Å². The van der Waals surface area contributed by atoms with Crippen LogP contribution in [0.4, 0.5) is 0 Å². The average Bonchev–Trinajstić information content (AvgIpc) is 2.73. The van der Waals surface area contributed by atoms with E-state index in [2.05, 4.69) is 85.2 Å². The first-order valence-electron chi connectivity index (χ1n) is 6.61. The summed E-state index contributed by atoms with van der Waals surface area (Å²) in [7, 11) is 0. The standard InChI is InChI=1S/C18H17N/c1-3-9-16-14(2)19(15-10-5-4-6-11-15)18-13-8-7-12-17(16)18/h3-13H,1-2H3/b9-3-. The second-order valence-electron chi connectivity index (χ2n) is 4.69. The Morgan fingerprint density at radius 1 is 0.895 bits per heavy atom. The fraction of sp³-hybridized carbons (Fsp3) is 0.111. The number of aromatic nitrogens is 1. The number of benzene rings is 2. The van der Waals surface area contributed by atoms with Crippen LogP contribution in [0.1, 0.15) is 18.2 Å². The quantitative estimate of drug-likeness (QED) is 0.602. The number of allylic oxidation sites excluding steroid dienone is 1. The minimum absolute atomic E-state index is 1.21. The molecule has 1 heteroatoms. The number of rotatable bonds is 2. The van der Waals surface area contributed by atoms with E-state index in [1.807, 2.05) is 0 Å². The molecule has 0 amide bonds. The van der Waals surface area contributed by atoms with Crippen LogP contribution in [0.15, 0.2) is 60.7 Å². The van der Waals surface area contributed by atoms with E-state index in [1.165, 1.54) is 27.8 Å². The second-order valence-corrected chi connectivity index (χ2v) is 4.69. The lowest BCUT2D eigenvalue weighted by Crippen LogP contribution is -1.95. The van der Waals surface area contributed by atoms with Crippen molar-refractivity contribution in [2.24, 2.45) is 0 Å². The summed E-state index contributed by atoms with van der Waals surface area (Å²) in [5, 5.41) is 1.31. The zero-order chi connectivity index (χ0) is 13.2. The fourth-order valence-corrected chi connectivity index (χ4v) is 2.68. The van der Waals surface area contributed by atoms with Crippen LogP contribution in [0.2, 0.25) is 0 Å². The van der Waals surface area contributed by atoms with Crippen molar-refractivity contribution in [1.29, 1.82) is 0 Å². The number of para-hydroxylation sites is 2. The van der Waals surface area contributed by atoms with Crippen LogP contribution in [0.3, 0.4) is 0 Å². The fourth-order valence-electron chi connectivity index (χ4n) is 2.68. The number of fused-ring (bicyclic) bond motifs is 1. The van der Waals surface area contributed by atoms with E-state index in [0.29, 0.717) is 0 Å². The lowest BCUT2D eigenvalue weighted by molar-refractivity contribution is 1.05. The summed E-state index contributed by atoms with van der Waals surface area (Å²) in [6.45, 7) is 4.25. The highest BCUT2D eigenvalue weighted by molar-refractivity contribution is 5.92. The Hall–Kier alpha value is -2.28. The van der Waals surface area contributed by atoms with Gasteiger partial charge >= 0.3 is 0 Å². The minimum atomic E-state index is 1.21. The Balaban J connectivity index is 2.40. The van der Waals surface area contributed by atoms with Gasteiger partial charge in [0.25, 0.3) is 0 Å². The lowest BCUT2D eigenvalue weighted by atomic mass is 10.1. The third kappa shape index (κ3) is 1.88. The summed E-state index contributed by atoms with van der Waals surface area (Å²) in [5.74, 6) is 0. The molecule has 0 spiro atoms. The molecule has 19 heavy (non-hydrogen) atoms. The molecule has 0 radical (unpaired) electrons. The van der Waals surface area contributed by atoms with E-state index < -0.39 is 0 Å². The van der Waals surface area contributed by atoms with Gasteiger partial charge in [-0.2, -0.15) is 0 Å². The van der Waals surface area contributed by atoms with Crippen molar-refractivity contribution in [1.82, 2.24) is 4.57 Å². The summed E-state index contributed by atoms with van der Waals surface area (Å²) in [6.07, 6.45) is 4.29.